The van der Waals surface area contributed by atoms with Crippen molar-refractivity contribution in [3.05, 3.63) is 12.2 Å². The van der Waals surface area contributed by atoms with Gasteiger partial charge in [-0.15, -0.1) is 0 Å². The Labute approximate surface area is 231 Å². The molecule has 0 N–H and O–H groups in total. The molecule has 0 radical (unpaired) electrons. The zero-order chi connectivity index (χ0) is 27.9. The van der Waals surface area contributed by atoms with Crippen molar-refractivity contribution >= 4 is 18.0 Å². The van der Waals surface area contributed by atoms with E-state index < -0.39 is 0 Å². The maximum Gasteiger partial charge on any atom is 0.302 e. The first kappa shape index (κ1) is 28.1. The van der Waals surface area contributed by atoms with E-state index in [0.717, 1.165) is 44.8 Å². The van der Waals surface area contributed by atoms with Gasteiger partial charge in [0.25, 0.3) is 0 Å². The van der Waals surface area contributed by atoms with Crippen molar-refractivity contribution in [3.8, 4) is 0 Å². The van der Waals surface area contributed by atoms with Gasteiger partial charge in [0.15, 0.2) is 0 Å². The van der Waals surface area contributed by atoms with E-state index in [9.17, 15) is 14.4 Å². The van der Waals surface area contributed by atoms with E-state index in [-0.39, 0.29) is 51.4 Å². The molecule has 5 aliphatic carbocycles. The number of hydrogen-bond acceptors (Lipinski definition) is 4. The molecule has 212 valence electrons. The Morgan fingerprint density at radius 2 is 1.55 bits per heavy atom. The third-order valence-corrected chi connectivity index (χ3v) is 14.1. The van der Waals surface area contributed by atoms with Crippen LogP contribution in [0.5, 0.6) is 0 Å². The third kappa shape index (κ3) is 3.56. The molecule has 5 fully saturated rings. The number of allylic oxidation sites excluding steroid dienone is 1. The van der Waals surface area contributed by atoms with Crippen molar-refractivity contribution in [1.29, 1.82) is 0 Å². The largest absolute Gasteiger partial charge is 0.462 e. The van der Waals surface area contributed by atoms with Crippen LogP contribution < -0.4 is 0 Å². The van der Waals surface area contributed by atoms with Gasteiger partial charge in [-0.3, -0.25) is 9.59 Å². The van der Waals surface area contributed by atoms with Crippen LogP contribution in [0.4, 0.5) is 0 Å². The van der Waals surface area contributed by atoms with Crippen LogP contribution in [-0.2, 0) is 19.1 Å². The first-order chi connectivity index (χ1) is 17.7. The number of hydrogen-bond donors (Lipinski definition) is 0. The summed E-state index contributed by atoms with van der Waals surface area (Å²) in [4.78, 5) is 37.0. The Bertz CT molecular complexity index is 1030. The second-order valence-corrected chi connectivity index (χ2v) is 15.6. The van der Waals surface area contributed by atoms with E-state index >= 15 is 0 Å². The molecular formula is C34H52O4. The Morgan fingerprint density at radius 1 is 0.842 bits per heavy atom. The summed E-state index contributed by atoms with van der Waals surface area (Å²) in [6, 6.07) is 0. The molecule has 0 amide bonds. The first-order valence-electron chi connectivity index (χ1n) is 15.5. The van der Waals surface area contributed by atoms with E-state index in [2.05, 4.69) is 48.1 Å². The van der Waals surface area contributed by atoms with Gasteiger partial charge in [0, 0.05) is 17.8 Å². The van der Waals surface area contributed by atoms with Gasteiger partial charge in [-0.25, -0.2) is 0 Å². The van der Waals surface area contributed by atoms with Gasteiger partial charge in [0.1, 0.15) is 18.2 Å². The van der Waals surface area contributed by atoms with E-state index in [4.69, 9.17) is 4.74 Å². The molecule has 4 nitrogen and oxygen atoms in total. The molecule has 0 heterocycles. The van der Waals surface area contributed by atoms with Crippen LogP contribution >= 0.6 is 0 Å². The number of esters is 1. The van der Waals surface area contributed by atoms with Gasteiger partial charge < -0.3 is 9.53 Å². The number of Topliss-reactive ketones (excluding diaryl/α,β-unsaturated/α-hetero) is 1. The molecular weight excluding hydrogens is 472 g/mol. The SMILES string of the molecule is C=C(C)[C@@H]1CC[C@]2(C(=O)CC=O)CC[C@]3(C)[C@H](CC[C@@H]4[C@@]5(C)CC[C@H](OC(C)=O)C(C)(C)[C@@H]5CC[C@]43C)[C@@H]12. The summed E-state index contributed by atoms with van der Waals surface area (Å²) in [5, 5.41) is 0. The van der Waals surface area contributed by atoms with Gasteiger partial charge in [0.05, 0.1) is 6.42 Å². The topological polar surface area (TPSA) is 60.4 Å². The Kier molecular flexibility index (Phi) is 6.68. The fourth-order valence-corrected chi connectivity index (χ4v) is 12.3. The molecule has 0 aliphatic heterocycles. The van der Waals surface area contributed by atoms with Gasteiger partial charge in [-0.05, 0) is 117 Å². The smallest absolute Gasteiger partial charge is 0.302 e. The number of carbonyl (C=O) groups is 3. The minimum absolute atomic E-state index is 0.00305. The molecule has 5 saturated carbocycles. The minimum Gasteiger partial charge on any atom is -0.462 e. The molecule has 38 heavy (non-hydrogen) atoms. The first-order valence-corrected chi connectivity index (χ1v) is 15.5. The van der Waals surface area contributed by atoms with Crippen molar-refractivity contribution in [3.63, 3.8) is 0 Å². The lowest BCUT2D eigenvalue weighted by Crippen LogP contribution is -2.67. The summed E-state index contributed by atoms with van der Waals surface area (Å²) >= 11 is 0. The van der Waals surface area contributed by atoms with Crippen molar-refractivity contribution < 1.29 is 19.1 Å². The molecule has 0 unspecified atom stereocenters. The zero-order valence-electron chi connectivity index (χ0n) is 25.2. The van der Waals surface area contributed by atoms with Crippen LogP contribution in [0.25, 0.3) is 0 Å². The van der Waals surface area contributed by atoms with Crippen molar-refractivity contribution in [2.24, 2.45) is 56.7 Å². The number of ether oxygens (including phenoxy) is 1. The molecule has 4 heteroatoms. The number of carbonyl (C=O) groups excluding carboxylic acids is 3. The summed E-state index contributed by atoms with van der Waals surface area (Å²) in [5.41, 5.74) is 1.49. The van der Waals surface area contributed by atoms with Crippen LogP contribution in [-0.4, -0.2) is 24.1 Å². The Balaban J connectivity index is 1.52. The quantitative estimate of drug-likeness (QED) is 0.160. The number of fused-ring (bicyclic) bond motifs is 7. The lowest BCUT2D eigenvalue weighted by Gasteiger charge is -2.73. The maximum absolute atomic E-state index is 13.6. The van der Waals surface area contributed by atoms with Crippen molar-refractivity contribution in [2.45, 2.75) is 125 Å². The lowest BCUT2D eigenvalue weighted by atomic mass is 9.32. The molecule has 0 aromatic carbocycles. The average Bonchev–Trinajstić information content (AvgIpc) is 3.23. The minimum atomic E-state index is -0.330. The Morgan fingerprint density at radius 3 is 2.18 bits per heavy atom. The molecule has 0 aromatic heterocycles. The second-order valence-electron chi connectivity index (χ2n) is 15.6. The summed E-state index contributed by atoms with van der Waals surface area (Å²) in [6.07, 6.45) is 11.8. The number of ketones is 1. The highest BCUT2D eigenvalue weighted by atomic mass is 16.5. The van der Waals surface area contributed by atoms with Crippen LogP contribution in [0.3, 0.4) is 0 Å². The highest BCUT2D eigenvalue weighted by molar-refractivity contribution is 5.94. The molecule has 0 saturated heterocycles. The van der Waals surface area contributed by atoms with Crippen LogP contribution in [0, 0.1) is 56.7 Å². The maximum atomic E-state index is 13.6. The number of aldehydes is 1. The summed E-state index contributed by atoms with van der Waals surface area (Å²) in [7, 11) is 0. The lowest BCUT2D eigenvalue weighted by molar-refractivity contribution is -0.248. The van der Waals surface area contributed by atoms with E-state index in [1.807, 2.05) is 0 Å². The van der Waals surface area contributed by atoms with Gasteiger partial charge in [0.2, 0.25) is 0 Å². The molecule has 0 spiro atoms. The second kappa shape index (κ2) is 9.03. The highest BCUT2D eigenvalue weighted by Gasteiger charge is 2.71. The normalized spacial score (nSPS) is 49.0. The van der Waals surface area contributed by atoms with Gasteiger partial charge in [-0.1, -0.05) is 46.8 Å². The van der Waals surface area contributed by atoms with Crippen LogP contribution in [0.15, 0.2) is 12.2 Å². The monoisotopic (exact) mass is 524 g/mol. The summed E-state index contributed by atoms with van der Waals surface area (Å²) in [5.74, 6) is 2.44. The van der Waals surface area contributed by atoms with Gasteiger partial charge >= 0.3 is 5.97 Å². The van der Waals surface area contributed by atoms with E-state index in [1.54, 1.807) is 6.92 Å². The predicted molar refractivity (Wildman–Crippen MR) is 150 cm³/mol. The highest BCUT2D eigenvalue weighted by Crippen LogP contribution is 2.77. The fourth-order valence-electron chi connectivity index (χ4n) is 12.3. The Hall–Kier alpha value is -1.45. The number of rotatable bonds is 5. The van der Waals surface area contributed by atoms with Crippen LogP contribution in [0.2, 0.25) is 0 Å². The van der Waals surface area contributed by atoms with Crippen molar-refractivity contribution in [2.75, 3.05) is 0 Å². The molecule has 5 aliphatic rings. The predicted octanol–water partition coefficient (Wildman–Crippen LogP) is 7.73. The molecule has 0 bridgehead atoms. The average molecular weight is 525 g/mol. The fraction of sp³-hybridized carbons (Fsp3) is 0.853. The van der Waals surface area contributed by atoms with Gasteiger partial charge in [-0.2, -0.15) is 0 Å². The molecule has 5 rings (SSSR count). The van der Waals surface area contributed by atoms with Crippen molar-refractivity contribution in [1.82, 2.24) is 0 Å². The van der Waals surface area contributed by atoms with E-state index in [1.165, 1.54) is 31.3 Å². The summed E-state index contributed by atoms with van der Waals surface area (Å²) in [6.45, 7) is 20.6. The zero-order valence-corrected chi connectivity index (χ0v) is 25.2. The van der Waals surface area contributed by atoms with Crippen LogP contribution in [0.1, 0.15) is 119 Å². The standard InChI is InChI=1S/C34H52O4/c1-21(2)23-11-17-34(27(37)14-20-35)19-18-32(7)24(29(23)34)9-10-26-31(6)15-13-28(38-22(3)36)30(4,5)25(31)12-16-33(26,32)8/h20,23-26,28-29H,1,9-19H2,2-8H3/t23-,24+,25-,26+,28-,29+,31-,32+,33+,34+/m0/s1. The molecule has 10 atom stereocenters. The molecule has 0 aromatic rings. The summed E-state index contributed by atoms with van der Waals surface area (Å²) < 4.78 is 5.90. The third-order valence-electron chi connectivity index (χ3n) is 14.1. The van der Waals surface area contributed by atoms with E-state index in [0.29, 0.717) is 29.6 Å².